The molecular formula is C15H14ClNO2. The van der Waals surface area contributed by atoms with Gasteiger partial charge >= 0.3 is 0 Å². The third kappa shape index (κ3) is 2.71. The summed E-state index contributed by atoms with van der Waals surface area (Å²) in [6.07, 6.45) is 0. The maximum Gasteiger partial charge on any atom is 0.196 e. The van der Waals surface area contributed by atoms with Crippen LogP contribution in [0.3, 0.4) is 0 Å². The number of halogens is 1. The maximum atomic E-state index is 12.5. The molecule has 0 aromatic heterocycles. The van der Waals surface area contributed by atoms with Gasteiger partial charge in [-0.3, -0.25) is 4.79 Å². The number of hydrogen-bond donors (Lipinski definition) is 1. The Kier molecular flexibility index (Phi) is 3.76. The van der Waals surface area contributed by atoms with Crippen LogP contribution in [0, 0.1) is 6.92 Å². The molecule has 2 aromatic carbocycles. The van der Waals surface area contributed by atoms with Gasteiger partial charge in [0.2, 0.25) is 0 Å². The molecule has 2 rings (SSSR count). The summed E-state index contributed by atoms with van der Waals surface area (Å²) in [6, 6.07) is 10.3. The highest BCUT2D eigenvalue weighted by Gasteiger charge is 2.15. The zero-order valence-corrected chi connectivity index (χ0v) is 11.5. The van der Waals surface area contributed by atoms with Crippen LogP contribution in [-0.2, 0) is 0 Å². The first-order valence-electron chi connectivity index (χ1n) is 5.77. The number of ether oxygens (including phenoxy) is 1. The lowest BCUT2D eigenvalue weighted by atomic mass is 10.0. The summed E-state index contributed by atoms with van der Waals surface area (Å²) >= 11 is 5.85. The second kappa shape index (κ2) is 5.33. The molecule has 2 aromatic rings. The van der Waals surface area contributed by atoms with Gasteiger partial charge in [0.25, 0.3) is 0 Å². The van der Waals surface area contributed by atoms with Crippen molar-refractivity contribution < 1.29 is 9.53 Å². The second-order valence-electron chi connectivity index (χ2n) is 4.27. The Morgan fingerprint density at radius 2 is 1.95 bits per heavy atom. The predicted molar refractivity (Wildman–Crippen MR) is 77.0 cm³/mol. The quantitative estimate of drug-likeness (QED) is 0.689. The molecule has 0 spiro atoms. The van der Waals surface area contributed by atoms with E-state index in [2.05, 4.69) is 0 Å². The van der Waals surface area contributed by atoms with Crippen molar-refractivity contribution in [3.63, 3.8) is 0 Å². The fourth-order valence-corrected chi connectivity index (χ4v) is 1.96. The molecular weight excluding hydrogens is 262 g/mol. The van der Waals surface area contributed by atoms with Crippen molar-refractivity contribution in [1.82, 2.24) is 0 Å². The maximum absolute atomic E-state index is 12.5. The van der Waals surface area contributed by atoms with Gasteiger partial charge in [-0.2, -0.15) is 0 Å². The monoisotopic (exact) mass is 275 g/mol. The van der Waals surface area contributed by atoms with E-state index in [1.54, 1.807) is 30.3 Å². The molecule has 4 heteroatoms. The number of carbonyl (C=O) groups excluding carboxylic acids is 1. The van der Waals surface area contributed by atoms with Crippen molar-refractivity contribution in [3.8, 4) is 5.75 Å². The van der Waals surface area contributed by atoms with Crippen molar-refractivity contribution in [2.24, 2.45) is 0 Å². The van der Waals surface area contributed by atoms with Crippen molar-refractivity contribution in [2.75, 3.05) is 12.8 Å². The van der Waals surface area contributed by atoms with Crippen molar-refractivity contribution in [2.45, 2.75) is 6.92 Å². The molecule has 0 aliphatic carbocycles. The molecule has 19 heavy (non-hydrogen) atoms. The van der Waals surface area contributed by atoms with E-state index in [1.165, 1.54) is 7.11 Å². The Hall–Kier alpha value is -2.00. The van der Waals surface area contributed by atoms with Crippen molar-refractivity contribution >= 4 is 23.1 Å². The number of anilines is 1. The number of hydrogen-bond acceptors (Lipinski definition) is 3. The number of nitrogens with two attached hydrogens (primary N) is 1. The van der Waals surface area contributed by atoms with Gasteiger partial charge in [0, 0.05) is 5.56 Å². The Labute approximate surface area is 117 Å². The molecule has 0 bridgehead atoms. The van der Waals surface area contributed by atoms with Crippen LogP contribution < -0.4 is 10.5 Å². The molecule has 2 N–H and O–H groups in total. The summed E-state index contributed by atoms with van der Waals surface area (Å²) in [6.45, 7) is 1.92. The average Bonchev–Trinajstić information content (AvgIpc) is 2.41. The Balaban J connectivity index is 2.49. The summed E-state index contributed by atoms with van der Waals surface area (Å²) in [4.78, 5) is 12.5. The molecule has 0 saturated carbocycles. The minimum atomic E-state index is -0.135. The summed E-state index contributed by atoms with van der Waals surface area (Å²) in [5.41, 5.74) is 8.11. The van der Waals surface area contributed by atoms with Crippen LogP contribution in [0.1, 0.15) is 21.5 Å². The standard InChI is InChI=1S/C15H14ClNO2/c1-9-3-6-14(19-2)11(7-9)15(18)10-4-5-12(16)13(17)8-10/h3-8H,17H2,1-2H3. The predicted octanol–water partition coefficient (Wildman–Crippen LogP) is 3.47. The van der Waals surface area contributed by atoms with E-state index in [1.807, 2.05) is 13.0 Å². The Morgan fingerprint density at radius 3 is 2.58 bits per heavy atom. The van der Waals surface area contributed by atoms with E-state index in [0.717, 1.165) is 5.56 Å². The summed E-state index contributed by atoms with van der Waals surface area (Å²) in [5.74, 6) is 0.410. The fraction of sp³-hybridized carbons (Fsp3) is 0.133. The second-order valence-corrected chi connectivity index (χ2v) is 4.68. The Morgan fingerprint density at radius 1 is 1.21 bits per heavy atom. The van der Waals surface area contributed by atoms with Crippen LogP contribution in [0.2, 0.25) is 5.02 Å². The van der Waals surface area contributed by atoms with E-state index in [9.17, 15) is 4.79 Å². The summed E-state index contributed by atoms with van der Waals surface area (Å²) < 4.78 is 5.22. The molecule has 0 aliphatic heterocycles. The van der Waals surface area contributed by atoms with E-state index in [0.29, 0.717) is 27.6 Å². The van der Waals surface area contributed by atoms with Gasteiger partial charge < -0.3 is 10.5 Å². The molecule has 0 amide bonds. The highest BCUT2D eigenvalue weighted by atomic mass is 35.5. The van der Waals surface area contributed by atoms with Crippen LogP contribution in [-0.4, -0.2) is 12.9 Å². The minimum Gasteiger partial charge on any atom is -0.496 e. The first-order chi connectivity index (χ1) is 9.02. The van der Waals surface area contributed by atoms with Crippen LogP contribution in [0.15, 0.2) is 36.4 Å². The fourth-order valence-electron chi connectivity index (χ4n) is 1.84. The van der Waals surface area contributed by atoms with E-state index in [-0.39, 0.29) is 5.78 Å². The summed E-state index contributed by atoms with van der Waals surface area (Å²) in [5, 5.41) is 0.438. The lowest BCUT2D eigenvalue weighted by molar-refractivity contribution is 0.103. The lowest BCUT2D eigenvalue weighted by Crippen LogP contribution is -2.05. The van der Waals surface area contributed by atoms with Gasteiger partial charge in [0.1, 0.15) is 5.75 Å². The molecule has 0 saturated heterocycles. The normalized spacial score (nSPS) is 10.3. The third-order valence-electron chi connectivity index (χ3n) is 2.86. The van der Waals surface area contributed by atoms with Gasteiger partial charge in [-0.15, -0.1) is 0 Å². The van der Waals surface area contributed by atoms with Gasteiger partial charge in [-0.1, -0.05) is 23.2 Å². The number of benzene rings is 2. The highest BCUT2D eigenvalue weighted by molar-refractivity contribution is 6.33. The average molecular weight is 276 g/mol. The topological polar surface area (TPSA) is 52.3 Å². The highest BCUT2D eigenvalue weighted by Crippen LogP contribution is 2.26. The number of nitrogen functional groups attached to an aromatic ring is 1. The van der Waals surface area contributed by atoms with E-state index < -0.39 is 0 Å². The molecule has 3 nitrogen and oxygen atoms in total. The molecule has 0 atom stereocenters. The van der Waals surface area contributed by atoms with Crippen molar-refractivity contribution in [1.29, 1.82) is 0 Å². The van der Waals surface area contributed by atoms with E-state index in [4.69, 9.17) is 22.1 Å². The van der Waals surface area contributed by atoms with Gasteiger partial charge in [-0.25, -0.2) is 0 Å². The molecule has 0 aliphatic rings. The van der Waals surface area contributed by atoms with E-state index >= 15 is 0 Å². The largest absolute Gasteiger partial charge is 0.496 e. The van der Waals surface area contributed by atoms with Crippen LogP contribution >= 0.6 is 11.6 Å². The zero-order chi connectivity index (χ0) is 14.0. The minimum absolute atomic E-state index is 0.135. The number of ketones is 1. The number of methoxy groups -OCH3 is 1. The van der Waals surface area contributed by atoms with Crippen LogP contribution in [0.5, 0.6) is 5.75 Å². The number of carbonyl (C=O) groups is 1. The third-order valence-corrected chi connectivity index (χ3v) is 3.20. The van der Waals surface area contributed by atoms with Crippen LogP contribution in [0.25, 0.3) is 0 Å². The number of rotatable bonds is 3. The smallest absolute Gasteiger partial charge is 0.196 e. The zero-order valence-electron chi connectivity index (χ0n) is 10.7. The first-order valence-corrected chi connectivity index (χ1v) is 6.15. The molecule has 0 radical (unpaired) electrons. The first kappa shape index (κ1) is 13.4. The SMILES string of the molecule is COc1ccc(C)cc1C(=O)c1ccc(Cl)c(N)c1. The molecule has 0 heterocycles. The molecule has 0 fully saturated rings. The van der Waals surface area contributed by atoms with Gasteiger partial charge in [0.15, 0.2) is 5.78 Å². The molecule has 0 unspecified atom stereocenters. The summed E-state index contributed by atoms with van der Waals surface area (Å²) in [7, 11) is 1.54. The van der Waals surface area contributed by atoms with Gasteiger partial charge in [-0.05, 0) is 37.3 Å². The Bertz CT molecular complexity index is 638. The van der Waals surface area contributed by atoms with Crippen molar-refractivity contribution in [3.05, 3.63) is 58.1 Å². The van der Waals surface area contributed by atoms with Gasteiger partial charge in [0.05, 0.1) is 23.4 Å². The molecule has 98 valence electrons. The lowest BCUT2D eigenvalue weighted by Gasteiger charge is -2.09. The van der Waals surface area contributed by atoms with Crippen LogP contribution in [0.4, 0.5) is 5.69 Å². The number of aryl methyl sites for hydroxylation is 1.